The van der Waals surface area contributed by atoms with Crippen LogP contribution < -0.4 is 0 Å². The number of rotatable bonds is 3. The molecule has 1 fully saturated rings. The number of hydrogen-bond acceptors (Lipinski definition) is 6. The number of aliphatic hydroxyl groups is 5. The molecule has 1 aliphatic rings. The fraction of sp³-hybridized carbons (Fsp3) is 1.00. The first-order valence-corrected chi connectivity index (χ1v) is 4.07. The van der Waals surface area contributed by atoms with Gasteiger partial charge in [-0.15, -0.1) is 0 Å². The van der Waals surface area contributed by atoms with E-state index in [0.29, 0.717) is 0 Å². The van der Waals surface area contributed by atoms with Gasteiger partial charge in [0.1, 0.15) is 31.1 Å². The zero-order valence-electron chi connectivity index (χ0n) is 7.25. The normalized spacial score (nSPS) is 45.4. The minimum absolute atomic E-state index is 0.725. The van der Waals surface area contributed by atoms with Crippen molar-refractivity contribution >= 4 is 0 Å². The number of aliphatic hydroxyl groups excluding tert-OH is 4. The first-order valence-electron chi connectivity index (χ1n) is 4.07. The highest BCUT2D eigenvalue weighted by Crippen LogP contribution is 2.31. The highest BCUT2D eigenvalue weighted by Gasteiger charge is 2.55. The van der Waals surface area contributed by atoms with E-state index in [0.717, 1.165) is 0 Å². The van der Waals surface area contributed by atoms with Gasteiger partial charge in [-0.1, -0.05) is 0 Å². The SMILES string of the molecule is OCC(O)[C@@H]1O[C@](O)(CF)[C@H](O)[C@H]1O. The Labute approximate surface area is 79.2 Å². The van der Waals surface area contributed by atoms with E-state index in [2.05, 4.69) is 4.74 Å². The smallest absolute Gasteiger partial charge is 0.224 e. The van der Waals surface area contributed by atoms with Crippen LogP contribution in [0.2, 0.25) is 0 Å². The Hall–Kier alpha value is -0.310. The summed E-state index contributed by atoms with van der Waals surface area (Å²) in [6.07, 6.45) is -6.38. The first-order chi connectivity index (χ1) is 6.46. The van der Waals surface area contributed by atoms with E-state index in [1.165, 1.54) is 0 Å². The van der Waals surface area contributed by atoms with Crippen molar-refractivity contribution in [1.82, 2.24) is 0 Å². The summed E-state index contributed by atoms with van der Waals surface area (Å²) in [5, 5.41) is 45.3. The number of alkyl halides is 1. The summed E-state index contributed by atoms with van der Waals surface area (Å²) in [4.78, 5) is 0. The molecule has 5 atom stereocenters. The molecule has 14 heavy (non-hydrogen) atoms. The largest absolute Gasteiger partial charge is 0.394 e. The van der Waals surface area contributed by atoms with Gasteiger partial charge in [-0.3, -0.25) is 0 Å². The van der Waals surface area contributed by atoms with Crippen LogP contribution in [-0.2, 0) is 4.74 Å². The maximum absolute atomic E-state index is 12.3. The lowest BCUT2D eigenvalue weighted by molar-refractivity contribution is -0.244. The Balaban J connectivity index is 2.76. The molecule has 1 rings (SSSR count). The van der Waals surface area contributed by atoms with Crippen LogP contribution >= 0.6 is 0 Å². The van der Waals surface area contributed by atoms with Gasteiger partial charge in [-0.2, -0.15) is 0 Å². The van der Waals surface area contributed by atoms with Crippen molar-refractivity contribution in [3.63, 3.8) is 0 Å². The molecule has 84 valence electrons. The van der Waals surface area contributed by atoms with Gasteiger partial charge in [-0.05, 0) is 0 Å². The van der Waals surface area contributed by atoms with E-state index in [-0.39, 0.29) is 0 Å². The predicted octanol–water partition coefficient (Wildman–Crippen LogP) is -2.88. The standard InChI is InChI=1S/C7H13FO6/c8-2-7(13)6(12)4(11)5(14-7)3(10)1-9/h3-6,9-13H,1-2H2/t3?,4-,5-,6+,7+/m0/s1. The van der Waals surface area contributed by atoms with E-state index in [9.17, 15) is 19.7 Å². The Kier molecular flexibility index (Phi) is 3.40. The van der Waals surface area contributed by atoms with Crippen molar-refractivity contribution in [2.24, 2.45) is 0 Å². The highest BCUT2D eigenvalue weighted by molar-refractivity contribution is 4.97. The van der Waals surface area contributed by atoms with Crippen LogP contribution in [0.4, 0.5) is 4.39 Å². The summed E-state index contributed by atoms with van der Waals surface area (Å²) < 4.78 is 16.8. The molecule has 1 unspecified atom stereocenters. The van der Waals surface area contributed by atoms with Crippen LogP contribution in [0.25, 0.3) is 0 Å². The first kappa shape index (κ1) is 11.8. The monoisotopic (exact) mass is 212 g/mol. The number of ether oxygens (including phenoxy) is 1. The van der Waals surface area contributed by atoms with Gasteiger partial charge >= 0.3 is 0 Å². The molecular formula is C7H13FO6. The van der Waals surface area contributed by atoms with E-state index in [4.69, 9.17) is 10.2 Å². The summed E-state index contributed by atoms with van der Waals surface area (Å²) >= 11 is 0. The van der Waals surface area contributed by atoms with Gasteiger partial charge in [0.15, 0.2) is 0 Å². The zero-order chi connectivity index (χ0) is 10.9. The molecule has 0 aliphatic carbocycles. The second-order valence-electron chi connectivity index (χ2n) is 3.25. The average Bonchev–Trinajstić information content (AvgIpc) is 2.43. The molecule has 0 saturated carbocycles. The van der Waals surface area contributed by atoms with Gasteiger partial charge in [-0.25, -0.2) is 4.39 Å². The number of hydrogen-bond donors (Lipinski definition) is 5. The molecule has 0 aromatic rings. The molecule has 0 aromatic carbocycles. The molecule has 0 amide bonds. The fourth-order valence-electron chi connectivity index (χ4n) is 1.34. The van der Waals surface area contributed by atoms with E-state index in [1.54, 1.807) is 0 Å². The second kappa shape index (κ2) is 4.05. The van der Waals surface area contributed by atoms with Crippen LogP contribution in [0, 0.1) is 0 Å². The van der Waals surface area contributed by atoms with Gasteiger partial charge in [0, 0.05) is 0 Å². The summed E-state index contributed by atoms with van der Waals surface area (Å²) in [5.74, 6) is -2.51. The zero-order valence-corrected chi connectivity index (χ0v) is 7.25. The maximum atomic E-state index is 12.3. The molecule has 1 aliphatic heterocycles. The van der Waals surface area contributed by atoms with Crippen molar-refractivity contribution in [2.45, 2.75) is 30.2 Å². The molecule has 0 aromatic heterocycles. The summed E-state index contributed by atoms with van der Waals surface area (Å²) in [5.41, 5.74) is 0. The molecule has 6 nitrogen and oxygen atoms in total. The second-order valence-corrected chi connectivity index (χ2v) is 3.25. The van der Waals surface area contributed by atoms with E-state index < -0.39 is 43.5 Å². The number of halogens is 1. The Morgan fingerprint density at radius 3 is 2.36 bits per heavy atom. The lowest BCUT2D eigenvalue weighted by atomic mass is 10.0. The van der Waals surface area contributed by atoms with Crippen LogP contribution in [-0.4, -0.2) is 69.0 Å². The molecule has 1 heterocycles. The van der Waals surface area contributed by atoms with Gasteiger partial charge in [0.25, 0.3) is 0 Å². The molecular weight excluding hydrogens is 199 g/mol. The molecule has 0 bridgehead atoms. The summed E-state index contributed by atoms with van der Waals surface area (Å²) in [6, 6.07) is 0. The minimum Gasteiger partial charge on any atom is -0.394 e. The Bertz CT molecular complexity index is 203. The van der Waals surface area contributed by atoms with Crippen LogP contribution in [0.1, 0.15) is 0 Å². The topological polar surface area (TPSA) is 110 Å². The van der Waals surface area contributed by atoms with Crippen LogP contribution in [0.15, 0.2) is 0 Å². The van der Waals surface area contributed by atoms with Crippen molar-refractivity contribution in [2.75, 3.05) is 13.3 Å². The maximum Gasteiger partial charge on any atom is 0.224 e. The summed E-state index contributed by atoms with van der Waals surface area (Å²) in [7, 11) is 0. The molecule has 0 radical (unpaired) electrons. The highest BCUT2D eigenvalue weighted by atomic mass is 19.1. The lowest BCUT2D eigenvalue weighted by Gasteiger charge is -2.22. The van der Waals surface area contributed by atoms with Gasteiger partial charge in [0.05, 0.1) is 6.61 Å². The summed E-state index contributed by atoms with van der Waals surface area (Å²) in [6.45, 7) is -2.14. The molecule has 0 spiro atoms. The Morgan fingerprint density at radius 2 is 2.00 bits per heavy atom. The van der Waals surface area contributed by atoms with Gasteiger partial charge in [0.2, 0.25) is 5.79 Å². The quantitative estimate of drug-likeness (QED) is 0.343. The van der Waals surface area contributed by atoms with Crippen molar-refractivity contribution in [1.29, 1.82) is 0 Å². The fourth-order valence-corrected chi connectivity index (χ4v) is 1.34. The van der Waals surface area contributed by atoms with Crippen molar-refractivity contribution < 1.29 is 34.7 Å². The van der Waals surface area contributed by atoms with Crippen LogP contribution in [0.5, 0.6) is 0 Å². The molecule has 7 heteroatoms. The molecule has 5 N–H and O–H groups in total. The van der Waals surface area contributed by atoms with E-state index >= 15 is 0 Å². The third-order valence-corrected chi connectivity index (χ3v) is 2.22. The van der Waals surface area contributed by atoms with Gasteiger partial charge < -0.3 is 30.3 Å². The third kappa shape index (κ3) is 1.74. The van der Waals surface area contributed by atoms with E-state index in [1.807, 2.05) is 0 Å². The molecule has 1 saturated heterocycles. The lowest BCUT2D eigenvalue weighted by Crippen LogP contribution is -2.45. The van der Waals surface area contributed by atoms with Crippen molar-refractivity contribution in [3.05, 3.63) is 0 Å². The Morgan fingerprint density at radius 1 is 1.43 bits per heavy atom. The third-order valence-electron chi connectivity index (χ3n) is 2.22. The average molecular weight is 212 g/mol. The van der Waals surface area contributed by atoms with Crippen LogP contribution in [0.3, 0.4) is 0 Å². The minimum atomic E-state index is -2.51. The van der Waals surface area contributed by atoms with Crippen molar-refractivity contribution in [3.8, 4) is 0 Å². The predicted molar refractivity (Wildman–Crippen MR) is 40.9 cm³/mol.